The van der Waals surface area contributed by atoms with Gasteiger partial charge in [-0.05, 0) is 40.7 Å². The molecule has 0 aliphatic rings. The van der Waals surface area contributed by atoms with E-state index in [9.17, 15) is 18.3 Å². The molecule has 0 bridgehead atoms. The fourth-order valence-electron chi connectivity index (χ4n) is 2.18. The highest BCUT2D eigenvalue weighted by Gasteiger charge is 2.32. The molecule has 0 radical (unpaired) electrons. The molecule has 1 atom stereocenters. The van der Waals surface area contributed by atoms with E-state index in [0.29, 0.717) is 11.4 Å². The lowest BCUT2D eigenvalue weighted by molar-refractivity contribution is -0.142. The summed E-state index contributed by atoms with van der Waals surface area (Å²) in [4.78, 5) is 4.09. The van der Waals surface area contributed by atoms with Crippen molar-refractivity contribution < 1.29 is 18.3 Å². The Morgan fingerprint density at radius 3 is 2.30 bits per heavy atom. The van der Waals surface area contributed by atoms with Crippen molar-refractivity contribution >= 4 is 0 Å². The van der Waals surface area contributed by atoms with Gasteiger partial charge in [-0.2, -0.15) is 23.4 Å². The second kappa shape index (κ2) is 5.63. The van der Waals surface area contributed by atoms with Crippen molar-refractivity contribution in [1.82, 2.24) is 24.5 Å². The van der Waals surface area contributed by atoms with Gasteiger partial charge < -0.3 is 5.11 Å². The number of aliphatic hydroxyl groups is 1. The average Bonchev–Trinajstić information content (AvgIpc) is 2.89. The molecule has 2 heterocycles. The molecule has 2 aromatic heterocycles. The van der Waals surface area contributed by atoms with E-state index in [1.807, 2.05) is 20.8 Å². The third-order valence-corrected chi connectivity index (χ3v) is 3.09. The molecule has 0 aliphatic heterocycles. The first-order valence-electron chi connectivity index (χ1n) is 7.15. The Balaban J connectivity index is 2.63. The highest BCUT2D eigenvalue weighted by molar-refractivity contribution is 5.51. The van der Waals surface area contributed by atoms with Gasteiger partial charge in [-0.15, -0.1) is 0 Å². The molecule has 1 N–H and O–H groups in total. The van der Waals surface area contributed by atoms with Crippen LogP contribution in [0.5, 0.6) is 0 Å². The van der Waals surface area contributed by atoms with E-state index in [-0.39, 0.29) is 11.6 Å². The Morgan fingerprint density at radius 1 is 1.22 bits per heavy atom. The number of hydrogen-bond acceptors (Lipinski definition) is 4. The number of aromatic nitrogens is 5. The number of nitrogens with zero attached hydrogens (tertiary/aromatic N) is 5. The first-order chi connectivity index (χ1) is 10.4. The molecule has 0 amide bonds. The van der Waals surface area contributed by atoms with Gasteiger partial charge in [0.1, 0.15) is 18.3 Å². The Hall–Kier alpha value is -1.90. The first-order valence-corrected chi connectivity index (χ1v) is 7.15. The van der Waals surface area contributed by atoms with Crippen molar-refractivity contribution in [1.29, 1.82) is 0 Å². The van der Waals surface area contributed by atoms with Crippen LogP contribution in [0.2, 0.25) is 0 Å². The summed E-state index contributed by atoms with van der Waals surface area (Å²) in [5.41, 5.74) is 0.651. The molecule has 2 rings (SSSR count). The topological polar surface area (TPSA) is 68.8 Å². The highest BCUT2D eigenvalue weighted by atomic mass is 19.4. The molecular formula is C14H20F3N5O. The normalized spacial score (nSPS) is 14.3. The van der Waals surface area contributed by atoms with Crippen molar-refractivity contribution in [2.24, 2.45) is 0 Å². The fraction of sp³-hybridized carbons (Fsp3) is 0.643. The van der Waals surface area contributed by atoms with E-state index in [4.69, 9.17) is 0 Å². The van der Waals surface area contributed by atoms with Gasteiger partial charge in [-0.25, -0.2) is 9.67 Å². The smallest absolute Gasteiger partial charge is 0.385 e. The van der Waals surface area contributed by atoms with Crippen LogP contribution in [0.3, 0.4) is 0 Å². The summed E-state index contributed by atoms with van der Waals surface area (Å²) in [5.74, 6) is -0.0164. The maximum Gasteiger partial charge on any atom is 0.408 e. The lowest BCUT2D eigenvalue weighted by Crippen LogP contribution is -2.26. The monoisotopic (exact) mass is 331 g/mol. The maximum atomic E-state index is 12.8. The second-order valence-corrected chi connectivity index (χ2v) is 6.50. The van der Waals surface area contributed by atoms with Crippen LogP contribution >= 0.6 is 0 Å². The summed E-state index contributed by atoms with van der Waals surface area (Å²) in [6, 6.07) is 1.66. The minimum atomic E-state index is -4.44. The quantitative estimate of drug-likeness (QED) is 0.939. The van der Waals surface area contributed by atoms with Gasteiger partial charge in [0.15, 0.2) is 11.6 Å². The van der Waals surface area contributed by atoms with Crippen LogP contribution in [-0.2, 0) is 12.1 Å². The van der Waals surface area contributed by atoms with Gasteiger partial charge in [-0.3, -0.25) is 4.68 Å². The molecule has 0 fully saturated rings. The van der Waals surface area contributed by atoms with Crippen LogP contribution in [0.25, 0.3) is 11.5 Å². The van der Waals surface area contributed by atoms with Crippen molar-refractivity contribution in [3.8, 4) is 11.5 Å². The van der Waals surface area contributed by atoms with E-state index in [1.165, 1.54) is 6.92 Å². The Morgan fingerprint density at radius 2 is 1.83 bits per heavy atom. The summed E-state index contributed by atoms with van der Waals surface area (Å²) < 4.78 is 40.8. The predicted molar refractivity (Wildman–Crippen MR) is 77.7 cm³/mol. The largest absolute Gasteiger partial charge is 0.408 e. The molecule has 23 heavy (non-hydrogen) atoms. The van der Waals surface area contributed by atoms with E-state index in [0.717, 1.165) is 4.68 Å². The molecular weight excluding hydrogens is 311 g/mol. The number of halogens is 3. The number of rotatable bonds is 3. The summed E-state index contributed by atoms with van der Waals surface area (Å²) >= 11 is 0. The van der Waals surface area contributed by atoms with Crippen LogP contribution in [0.4, 0.5) is 13.2 Å². The lowest BCUT2D eigenvalue weighted by atomic mass is 10.1. The Bertz CT molecular complexity index is 694. The van der Waals surface area contributed by atoms with Gasteiger partial charge >= 0.3 is 6.18 Å². The van der Waals surface area contributed by atoms with Gasteiger partial charge in [-0.1, -0.05) is 0 Å². The van der Waals surface area contributed by atoms with E-state index >= 15 is 0 Å². The molecule has 0 saturated carbocycles. The molecule has 128 valence electrons. The number of hydrogen-bond donors (Lipinski definition) is 1. The lowest BCUT2D eigenvalue weighted by Gasteiger charge is -2.22. The zero-order valence-corrected chi connectivity index (χ0v) is 13.7. The zero-order chi connectivity index (χ0) is 17.6. The van der Waals surface area contributed by atoms with Crippen molar-refractivity contribution in [2.45, 2.75) is 59.0 Å². The van der Waals surface area contributed by atoms with E-state index < -0.39 is 24.4 Å². The molecule has 2 aromatic rings. The predicted octanol–water partition coefficient (Wildman–Crippen LogP) is 2.82. The van der Waals surface area contributed by atoms with Crippen molar-refractivity contribution in [3.63, 3.8) is 0 Å². The minimum Gasteiger partial charge on any atom is -0.385 e. The summed E-state index contributed by atoms with van der Waals surface area (Å²) in [7, 11) is 0. The first kappa shape index (κ1) is 17.5. The Labute approximate surface area is 131 Å². The molecule has 1 unspecified atom stereocenters. The standard InChI is InChI=1S/C14H20F3N5O/c1-8-6-10(22(19-8)13(3,4)5)12-18-11(9(2)23)20-21(12)7-14(15,16)17/h6,9,23H,7H2,1-5H3. The fourth-order valence-corrected chi connectivity index (χ4v) is 2.18. The third-order valence-electron chi connectivity index (χ3n) is 3.09. The summed E-state index contributed by atoms with van der Waals surface area (Å²) in [6.07, 6.45) is -5.50. The van der Waals surface area contributed by atoms with Gasteiger partial charge in [0.25, 0.3) is 0 Å². The SMILES string of the molecule is Cc1cc(-c2nc(C(C)O)nn2CC(F)(F)F)n(C(C)(C)C)n1. The second-order valence-electron chi connectivity index (χ2n) is 6.50. The van der Waals surface area contributed by atoms with Gasteiger partial charge in [0, 0.05) is 0 Å². The van der Waals surface area contributed by atoms with Crippen LogP contribution in [-0.4, -0.2) is 35.8 Å². The number of aliphatic hydroxyl groups excluding tert-OH is 1. The maximum absolute atomic E-state index is 12.8. The number of alkyl halides is 3. The molecule has 6 nitrogen and oxygen atoms in total. The summed E-state index contributed by atoms with van der Waals surface area (Å²) in [5, 5.41) is 17.7. The van der Waals surface area contributed by atoms with Crippen LogP contribution < -0.4 is 0 Å². The zero-order valence-electron chi connectivity index (χ0n) is 13.7. The molecule has 0 aliphatic carbocycles. The molecule has 0 aromatic carbocycles. The molecule has 9 heteroatoms. The van der Waals surface area contributed by atoms with Gasteiger partial charge in [0.2, 0.25) is 0 Å². The van der Waals surface area contributed by atoms with Crippen LogP contribution in [0.1, 0.15) is 45.3 Å². The van der Waals surface area contributed by atoms with E-state index in [2.05, 4.69) is 15.2 Å². The number of aryl methyl sites for hydroxylation is 1. The minimum absolute atomic E-state index is 0.0359. The van der Waals surface area contributed by atoms with Crippen LogP contribution in [0, 0.1) is 6.92 Å². The third kappa shape index (κ3) is 3.90. The van der Waals surface area contributed by atoms with Crippen molar-refractivity contribution in [3.05, 3.63) is 17.6 Å². The van der Waals surface area contributed by atoms with Gasteiger partial charge in [0.05, 0.1) is 11.2 Å². The molecule has 0 spiro atoms. The Kier molecular flexibility index (Phi) is 4.27. The van der Waals surface area contributed by atoms with Crippen LogP contribution in [0.15, 0.2) is 6.07 Å². The molecule has 0 saturated heterocycles. The summed E-state index contributed by atoms with van der Waals surface area (Å²) in [6.45, 7) is 7.56. The van der Waals surface area contributed by atoms with Crippen molar-refractivity contribution in [2.75, 3.05) is 0 Å². The highest BCUT2D eigenvalue weighted by Crippen LogP contribution is 2.28. The van der Waals surface area contributed by atoms with E-state index in [1.54, 1.807) is 17.7 Å². The average molecular weight is 331 g/mol.